The summed E-state index contributed by atoms with van der Waals surface area (Å²) in [6.45, 7) is 4.40. The first-order valence-electron chi connectivity index (χ1n) is 11.7. The number of rotatable bonds is 7. The average molecular weight is 478 g/mol. The summed E-state index contributed by atoms with van der Waals surface area (Å²) in [6.07, 6.45) is 0. The van der Waals surface area contributed by atoms with Crippen molar-refractivity contribution in [3.63, 3.8) is 0 Å². The highest BCUT2D eigenvalue weighted by Gasteiger charge is 2.16. The topological polar surface area (TPSA) is 78.5 Å². The molecule has 4 aromatic rings. The number of nitrogens with one attached hydrogen (secondary N) is 2. The van der Waals surface area contributed by atoms with Crippen LogP contribution < -0.4 is 15.5 Å². The average Bonchev–Trinajstić information content (AvgIpc) is 2.90. The third kappa shape index (κ3) is 5.85. The summed E-state index contributed by atoms with van der Waals surface area (Å²) in [7, 11) is 0. The molecule has 0 radical (unpaired) electrons. The number of carbonyl (C=O) groups is 3. The van der Waals surface area contributed by atoms with Gasteiger partial charge < -0.3 is 15.5 Å². The lowest BCUT2D eigenvalue weighted by molar-refractivity contribution is 0.0986. The number of carbonyl (C=O) groups excluding carboxylic acids is 3. The molecule has 0 unspecified atom stereocenters. The highest BCUT2D eigenvalue weighted by Crippen LogP contribution is 2.19. The molecule has 0 aliphatic rings. The number of amides is 3. The van der Waals surface area contributed by atoms with Gasteiger partial charge in [0.25, 0.3) is 17.7 Å². The molecule has 0 heterocycles. The normalized spacial score (nSPS) is 10.4. The van der Waals surface area contributed by atoms with Crippen molar-refractivity contribution in [2.75, 3.05) is 22.1 Å². The zero-order valence-corrected chi connectivity index (χ0v) is 20.2. The molecule has 0 atom stereocenters. The van der Waals surface area contributed by atoms with Gasteiger partial charge in [-0.1, -0.05) is 35.9 Å². The highest BCUT2D eigenvalue weighted by atomic mass is 16.2. The molecule has 6 heteroatoms. The van der Waals surface area contributed by atoms with Gasteiger partial charge in [-0.15, -0.1) is 0 Å². The number of aryl methyl sites for hydroxylation is 1. The Hall–Kier alpha value is -4.71. The van der Waals surface area contributed by atoms with Crippen molar-refractivity contribution < 1.29 is 14.4 Å². The first-order chi connectivity index (χ1) is 17.4. The molecule has 0 fully saturated rings. The molecule has 3 amide bonds. The molecule has 0 bridgehead atoms. The summed E-state index contributed by atoms with van der Waals surface area (Å²) >= 11 is 0. The van der Waals surface area contributed by atoms with E-state index in [0.29, 0.717) is 34.6 Å². The van der Waals surface area contributed by atoms with Crippen LogP contribution in [0, 0.1) is 6.92 Å². The van der Waals surface area contributed by atoms with Gasteiger partial charge in [-0.3, -0.25) is 14.4 Å². The maximum absolute atomic E-state index is 13.0. The molecule has 6 nitrogen and oxygen atoms in total. The molecule has 0 aliphatic carbocycles. The van der Waals surface area contributed by atoms with Crippen molar-refractivity contribution in [2.24, 2.45) is 0 Å². The number of benzene rings is 4. The van der Waals surface area contributed by atoms with Crippen LogP contribution in [0.4, 0.5) is 17.1 Å². The second-order valence-electron chi connectivity index (χ2n) is 8.32. The maximum atomic E-state index is 13.0. The standard InChI is InChI=1S/C30H27N3O3/c1-3-33(27-10-5-4-6-11-27)30(36)23-14-18-26(19-15-23)31-28(34)22-12-16-25(17-13-22)32-29(35)24-9-7-8-21(2)20-24/h4-20H,3H2,1-2H3,(H,31,34)(H,32,35). The zero-order chi connectivity index (χ0) is 25.5. The van der Waals surface area contributed by atoms with Crippen LogP contribution in [-0.2, 0) is 0 Å². The molecule has 180 valence electrons. The van der Waals surface area contributed by atoms with E-state index in [9.17, 15) is 14.4 Å². The van der Waals surface area contributed by atoms with Gasteiger partial charge in [0.1, 0.15) is 0 Å². The predicted molar refractivity (Wildman–Crippen MR) is 144 cm³/mol. The van der Waals surface area contributed by atoms with Gasteiger partial charge >= 0.3 is 0 Å². The van der Waals surface area contributed by atoms with Crippen molar-refractivity contribution in [1.82, 2.24) is 0 Å². The largest absolute Gasteiger partial charge is 0.322 e. The van der Waals surface area contributed by atoms with Crippen LogP contribution in [0.15, 0.2) is 103 Å². The van der Waals surface area contributed by atoms with Gasteiger partial charge in [0.15, 0.2) is 0 Å². The predicted octanol–water partition coefficient (Wildman–Crippen LogP) is 6.17. The Balaban J connectivity index is 1.37. The summed E-state index contributed by atoms with van der Waals surface area (Å²) in [4.78, 5) is 39.8. The van der Waals surface area contributed by atoms with Gasteiger partial charge in [-0.05, 0) is 86.6 Å². The van der Waals surface area contributed by atoms with E-state index in [1.54, 1.807) is 59.5 Å². The van der Waals surface area contributed by atoms with Crippen molar-refractivity contribution in [3.8, 4) is 0 Å². The molecular formula is C30H27N3O3. The van der Waals surface area contributed by atoms with Crippen LogP contribution in [0.3, 0.4) is 0 Å². The van der Waals surface area contributed by atoms with E-state index in [0.717, 1.165) is 11.3 Å². The molecule has 0 spiro atoms. The molecule has 4 rings (SSSR count). The van der Waals surface area contributed by atoms with E-state index in [1.165, 1.54) is 0 Å². The summed E-state index contributed by atoms with van der Waals surface area (Å²) in [5.41, 5.74) is 4.57. The fraction of sp³-hybridized carbons (Fsp3) is 0.100. The SMILES string of the molecule is CCN(C(=O)c1ccc(NC(=O)c2ccc(NC(=O)c3cccc(C)c3)cc2)cc1)c1ccccc1. The molecule has 0 aromatic heterocycles. The van der Waals surface area contributed by atoms with E-state index < -0.39 is 0 Å². The summed E-state index contributed by atoms with van der Waals surface area (Å²) < 4.78 is 0. The lowest BCUT2D eigenvalue weighted by Gasteiger charge is -2.21. The second-order valence-corrected chi connectivity index (χ2v) is 8.32. The fourth-order valence-electron chi connectivity index (χ4n) is 3.80. The van der Waals surface area contributed by atoms with Crippen molar-refractivity contribution in [2.45, 2.75) is 13.8 Å². The minimum Gasteiger partial charge on any atom is -0.322 e. The fourth-order valence-corrected chi connectivity index (χ4v) is 3.80. The molecule has 36 heavy (non-hydrogen) atoms. The molecule has 2 N–H and O–H groups in total. The van der Waals surface area contributed by atoms with Crippen molar-refractivity contribution in [1.29, 1.82) is 0 Å². The van der Waals surface area contributed by atoms with E-state index in [4.69, 9.17) is 0 Å². The van der Waals surface area contributed by atoms with Gasteiger partial charge in [-0.2, -0.15) is 0 Å². The monoisotopic (exact) mass is 477 g/mol. The van der Waals surface area contributed by atoms with Crippen molar-refractivity contribution in [3.05, 3.63) is 125 Å². The van der Waals surface area contributed by atoms with E-state index in [-0.39, 0.29) is 17.7 Å². The third-order valence-electron chi connectivity index (χ3n) is 5.70. The highest BCUT2D eigenvalue weighted by molar-refractivity contribution is 6.08. The van der Waals surface area contributed by atoms with Crippen LogP contribution in [0.25, 0.3) is 0 Å². The molecule has 0 saturated carbocycles. The smallest absolute Gasteiger partial charge is 0.258 e. The lowest BCUT2D eigenvalue weighted by Crippen LogP contribution is -2.30. The Morgan fingerprint density at radius 3 is 1.75 bits per heavy atom. The van der Waals surface area contributed by atoms with Gasteiger partial charge in [-0.25, -0.2) is 0 Å². The zero-order valence-electron chi connectivity index (χ0n) is 20.2. The molecule has 4 aromatic carbocycles. The van der Waals surface area contributed by atoms with E-state index in [2.05, 4.69) is 10.6 Å². The Morgan fingerprint density at radius 1 is 0.639 bits per heavy atom. The number of para-hydroxylation sites is 1. The lowest BCUT2D eigenvalue weighted by atomic mass is 10.1. The number of hydrogen-bond donors (Lipinski definition) is 2. The number of hydrogen-bond acceptors (Lipinski definition) is 3. The number of nitrogens with zero attached hydrogens (tertiary/aromatic N) is 1. The summed E-state index contributed by atoms with van der Waals surface area (Å²) in [5, 5.41) is 5.68. The summed E-state index contributed by atoms with van der Waals surface area (Å²) in [6, 6.07) is 30.3. The summed E-state index contributed by atoms with van der Waals surface area (Å²) in [5.74, 6) is -0.602. The van der Waals surface area contributed by atoms with Crippen LogP contribution in [-0.4, -0.2) is 24.3 Å². The second kappa shape index (κ2) is 11.1. The van der Waals surface area contributed by atoms with Crippen LogP contribution in [0.5, 0.6) is 0 Å². The van der Waals surface area contributed by atoms with E-state index in [1.807, 2.05) is 62.4 Å². The van der Waals surface area contributed by atoms with Gasteiger partial charge in [0, 0.05) is 40.3 Å². The molecular weight excluding hydrogens is 450 g/mol. The van der Waals surface area contributed by atoms with Crippen LogP contribution >= 0.6 is 0 Å². The van der Waals surface area contributed by atoms with Gasteiger partial charge in [0.05, 0.1) is 0 Å². The molecule has 0 aliphatic heterocycles. The maximum Gasteiger partial charge on any atom is 0.258 e. The Kier molecular flexibility index (Phi) is 7.56. The van der Waals surface area contributed by atoms with Crippen molar-refractivity contribution >= 4 is 34.8 Å². The first-order valence-corrected chi connectivity index (χ1v) is 11.7. The Bertz CT molecular complexity index is 1360. The van der Waals surface area contributed by atoms with Gasteiger partial charge in [0.2, 0.25) is 0 Å². The first kappa shape index (κ1) is 24.4. The quantitative estimate of drug-likeness (QED) is 0.334. The minimum absolute atomic E-state index is 0.107. The van der Waals surface area contributed by atoms with E-state index >= 15 is 0 Å². The van der Waals surface area contributed by atoms with Crippen LogP contribution in [0.1, 0.15) is 43.6 Å². The van der Waals surface area contributed by atoms with Crippen LogP contribution in [0.2, 0.25) is 0 Å². The third-order valence-corrected chi connectivity index (χ3v) is 5.70. The minimum atomic E-state index is -0.287. The Labute approximate surface area is 210 Å². The number of anilines is 3. The Morgan fingerprint density at radius 2 is 1.19 bits per heavy atom. The molecule has 0 saturated heterocycles.